The van der Waals surface area contributed by atoms with Crippen LogP contribution in [0.3, 0.4) is 0 Å². The van der Waals surface area contributed by atoms with Crippen molar-refractivity contribution in [3.8, 4) is 0 Å². The van der Waals surface area contributed by atoms with Gasteiger partial charge in [-0.1, -0.05) is 59.2 Å². The van der Waals surface area contributed by atoms with Gasteiger partial charge in [0.2, 0.25) is 0 Å². The molecule has 2 aromatic carbocycles. The van der Waals surface area contributed by atoms with Crippen LogP contribution in [0.4, 0.5) is 0 Å². The Morgan fingerprint density at radius 3 is 2.66 bits per heavy atom. The fourth-order valence-electron chi connectivity index (χ4n) is 3.71. The van der Waals surface area contributed by atoms with Gasteiger partial charge in [-0.05, 0) is 35.4 Å². The molecule has 2 heterocycles. The van der Waals surface area contributed by atoms with Crippen molar-refractivity contribution >= 4 is 17.3 Å². The number of benzene rings is 2. The van der Waals surface area contributed by atoms with Gasteiger partial charge in [-0.3, -0.25) is 4.90 Å². The van der Waals surface area contributed by atoms with E-state index in [1.54, 1.807) is 6.26 Å². The molecule has 0 amide bonds. The minimum absolute atomic E-state index is 0.0828. The van der Waals surface area contributed by atoms with Gasteiger partial charge in [-0.25, -0.2) is 0 Å². The third kappa shape index (κ3) is 6.68. The quantitative estimate of drug-likeness (QED) is 0.462. The van der Waals surface area contributed by atoms with Crippen LogP contribution in [-0.4, -0.2) is 47.6 Å². The van der Waals surface area contributed by atoms with Crippen molar-refractivity contribution < 1.29 is 19.1 Å². The van der Waals surface area contributed by atoms with Crippen LogP contribution in [-0.2, 0) is 22.7 Å². The van der Waals surface area contributed by atoms with Gasteiger partial charge in [0.25, 0.3) is 0 Å². The summed E-state index contributed by atoms with van der Waals surface area (Å²) in [5, 5.41) is 15.6. The van der Waals surface area contributed by atoms with Crippen LogP contribution in [0, 0.1) is 0 Å². The van der Waals surface area contributed by atoms with Gasteiger partial charge in [0.1, 0.15) is 18.5 Å². The lowest BCUT2D eigenvalue weighted by atomic mass is 10.0. The Hall–Kier alpha value is -2.64. The number of aliphatic hydroxyl groups is 1. The largest absolute Gasteiger partial charge is 0.467 e. The molecular weight excluding hydrogens is 428 g/mol. The second-order valence-electron chi connectivity index (χ2n) is 7.90. The number of aliphatic hydroxyl groups excluding tert-OH is 1. The van der Waals surface area contributed by atoms with Crippen molar-refractivity contribution in [2.75, 3.05) is 19.7 Å². The minimum atomic E-state index is -0.633. The van der Waals surface area contributed by atoms with E-state index in [9.17, 15) is 5.11 Å². The normalized spacial score (nSPS) is 16.7. The zero-order valence-corrected chi connectivity index (χ0v) is 18.5. The maximum Gasteiger partial charge on any atom is 0.145 e. The van der Waals surface area contributed by atoms with Crippen LogP contribution in [0.2, 0.25) is 5.02 Å². The number of oxime groups is 1. The highest BCUT2D eigenvalue weighted by Crippen LogP contribution is 2.20. The van der Waals surface area contributed by atoms with Crippen LogP contribution in [0.1, 0.15) is 23.3 Å². The van der Waals surface area contributed by atoms with Crippen molar-refractivity contribution in [2.24, 2.45) is 5.16 Å². The number of hydrogen-bond acceptors (Lipinski definition) is 6. The summed E-state index contributed by atoms with van der Waals surface area (Å²) in [6, 6.07) is 21.5. The number of furan rings is 1. The van der Waals surface area contributed by atoms with Crippen molar-refractivity contribution in [1.29, 1.82) is 0 Å². The van der Waals surface area contributed by atoms with E-state index in [1.807, 2.05) is 54.6 Å². The van der Waals surface area contributed by atoms with E-state index >= 15 is 0 Å². The third-order valence-electron chi connectivity index (χ3n) is 5.22. The number of ether oxygens (including phenoxy) is 1. The molecule has 168 valence electrons. The predicted molar refractivity (Wildman–Crippen MR) is 124 cm³/mol. The second-order valence-corrected chi connectivity index (χ2v) is 8.34. The Labute approximate surface area is 193 Å². The maximum absolute atomic E-state index is 10.6. The first-order valence-electron chi connectivity index (χ1n) is 10.7. The zero-order chi connectivity index (χ0) is 22.2. The zero-order valence-electron chi connectivity index (χ0n) is 17.8. The molecule has 1 aromatic heterocycles. The van der Waals surface area contributed by atoms with Gasteiger partial charge < -0.3 is 19.1 Å². The summed E-state index contributed by atoms with van der Waals surface area (Å²) in [6.07, 6.45) is 1.60. The van der Waals surface area contributed by atoms with E-state index < -0.39 is 6.10 Å². The van der Waals surface area contributed by atoms with Crippen molar-refractivity contribution in [2.45, 2.75) is 31.8 Å². The van der Waals surface area contributed by atoms with E-state index in [0.717, 1.165) is 17.0 Å². The molecular formula is C25H27ClN2O4. The smallest absolute Gasteiger partial charge is 0.145 e. The topological polar surface area (TPSA) is 67.4 Å². The first-order chi connectivity index (χ1) is 15.7. The summed E-state index contributed by atoms with van der Waals surface area (Å²) < 4.78 is 10.9. The summed E-state index contributed by atoms with van der Waals surface area (Å²) in [6.45, 7) is 2.37. The van der Waals surface area contributed by atoms with Crippen molar-refractivity contribution in [3.63, 3.8) is 0 Å². The van der Waals surface area contributed by atoms with Crippen LogP contribution >= 0.6 is 11.6 Å². The molecule has 1 aliphatic rings. The Kier molecular flexibility index (Phi) is 7.96. The molecule has 1 aliphatic heterocycles. The molecule has 6 nitrogen and oxygen atoms in total. The average Bonchev–Trinajstić information content (AvgIpc) is 3.47. The number of hydrogen-bond donors (Lipinski definition) is 1. The first-order valence-corrected chi connectivity index (χ1v) is 11.1. The van der Waals surface area contributed by atoms with E-state index in [4.69, 9.17) is 25.6 Å². The summed E-state index contributed by atoms with van der Waals surface area (Å²) >= 11 is 5.99. The molecule has 7 heteroatoms. The number of halogens is 1. The molecule has 2 unspecified atom stereocenters. The molecule has 0 spiro atoms. The molecule has 32 heavy (non-hydrogen) atoms. The highest BCUT2D eigenvalue weighted by Gasteiger charge is 2.26. The SMILES string of the molecule is OC(COCc1ccco1)CN(Cc1ccccc1)CC1CC(c2ccc(Cl)cc2)=NO1. The molecule has 3 aromatic rings. The van der Waals surface area contributed by atoms with Gasteiger partial charge in [-0.2, -0.15) is 0 Å². The maximum atomic E-state index is 10.6. The molecule has 2 atom stereocenters. The molecule has 0 saturated heterocycles. The highest BCUT2D eigenvalue weighted by atomic mass is 35.5. The monoisotopic (exact) mass is 454 g/mol. The Bertz CT molecular complexity index is 977. The van der Waals surface area contributed by atoms with E-state index in [2.05, 4.69) is 22.2 Å². The van der Waals surface area contributed by atoms with Crippen LogP contribution in [0.25, 0.3) is 0 Å². The summed E-state index contributed by atoms with van der Waals surface area (Å²) in [5.74, 6) is 0.740. The van der Waals surface area contributed by atoms with Gasteiger partial charge in [0.05, 0.1) is 24.7 Å². The predicted octanol–water partition coefficient (Wildman–Crippen LogP) is 4.51. The van der Waals surface area contributed by atoms with Crippen molar-refractivity contribution in [1.82, 2.24) is 4.90 Å². The minimum Gasteiger partial charge on any atom is -0.467 e. The lowest BCUT2D eigenvalue weighted by Gasteiger charge is -2.27. The van der Waals surface area contributed by atoms with Gasteiger partial charge in [0, 0.05) is 31.1 Å². The summed E-state index contributed by atoms with van der Waals surface area (Å²) in [5.41, 5.74) is 3.10. The Morgan fingerprint density at radius 1 is 1.09 bits per heavy atom. The molecule has 0 fully saturated rings. The number of rotatable bonds is 11. The Balaban J connectivity index is 1.32. The average molecular weight is 455 g/mol. The molecule has 0 bridgehead atoms. The van der Waals surface area contributed by atoms with Gasteiger partial charge in [-0.15, -0.1) is 0 Å². The fraction of sp³-hybridized carbons (Fsp3) is 0.320. The van der Waals surface area contributed by atoms with Crippen LogP contribution in [0.5, 0.6) is 0 Å². The third-order valence-corrected chi connectivity index (χ3v) is 5.48. The summed E-state index contributed by atoms with van der Waals surface area (Å²) in [7, 11) is 0. The molecule has 0 aliphatic carbocycles. The first kappa shape index (κ1) is 22.6. The highest BCUT2D eigenvalue weighted by molar-refractivity contribution is 6.30. The molecule has 4 rings (SSSR count). The molecule has 0 radical (unpaired) electrons. The number of nitrogens with zero attached hydrogens (tertiary/aromatic N) is 2. The lowest BCUT2D eigenvalue weighted by Crippen LogP contribution is -2.39. The summed E-state index contributed by atoms with van der Waals surface area (Å²) in [4.78, 5) is 7.90. The fourth-order valence-corrected chi connectivity index (χ4v) is 3.84. The van der Waals surface area contributed by atoms with Crippen molar-refractivity contribution in [3.05, 3.63) is 94.9 Å². The standard InChI is InChI=1S/C25H27ClN2O4/c26-21-10-8-20(9-11-21)25-13-24(32-27-25)16-28(14-19-5-2-1-3-6-19)15-22(29)17-30-18-23-7-4-12-31-23/h1-12,22,24,29H,13-18H2. The van der Waals surface area contributed by atoms with Crippen LogP contribution < -0.4 is 0 Å². The van der Waals surface area contributed by atoms with Gasteiger partial charge >= 0.3 is 0 Å². The molecule has 1 N–H and O–H groups in total. The van der Waals surface area contributed by atoms with E-state index in [-0.39, 0.29) is 12.7 Å². The van der Waals surface area contributed by atoms with Crippen LogP contribution in [0.15, 0.2) is 82.6 Å². The lowest BCUT2D eigenvalue weighted by molar-refractivity contribution is -0.00955. The van der Waals surface area contributed by atoms with Gasteiger partial charge in [0.15, 0.2) is 0 Å². The molecule has 0 saturated carbocycles. The van der Waals surface area contributed by atoms with E-state index in [1.165, 1.54) is 5.56 Å². The Morgan fingerprint density at radius 2 is 1.91 bits per heavy atom. The second kappa shape index (κ2) is 11.3. The van der Waals surface area contributed by atoms with E-state index in [0.29, 0.717) is 37.7 Å².